The highest BCUT2D eigenvalue weighted by Gasteiger charge is 2.24. The number of rotatable bonds is 1. The Bertz CT molecular complexity index is 637. The van der Waals surface area contributed by atoms with Gasteiger partial charge >= 0.3 is 0 Å². The van der Waals surface area contributed by atoms with Gasteiger partial charge in [-0.15, -0.1) is 0 Å². The van der Waals surface area contributed by atoms with E-state index in [0.717, 1.165) is 33.4 Å². The van der Waals surface area contributed by atoms with Crippen molar-refractivity contribution >= 4 is 21.7 Å². The predicted molar refractivity (Wildman–Crippen MR) is 77.0 cm³/mol. The van der Waals surface area contributed by atoms with E-state index in [9.17, 15) is 4.79 Å². The van der Waals surface area contributed by atoms with Crippen LogP contribution in [0.25, 0.3) is 11.3 Å². The van der Waals surface area contributed by atoms with E-state index in [1.165, 1.54) is 0 Å². The zero-order valence-corrected chi connectivity index (χ0v) is 12.1. The average Bonchev–Trinajstić information content (AvgIpc) is 2.39. The average molecular weight is 317 g/mol. The summed E-state index contributed by atoms with van der Waals surface area (Å²) in [5, 5.41) is 8.48. The molecule has 4 heteroatoms. The fraction of sp³-hybridized carbons (Fsp3) is 0.267. The van der Waals surface area contributed by atoms with Gasteiger partial charge in [-0.3, -0.25) is 4.79 Å². The lowest BCUT2D eigenvalue weighted by molar-refractivity contribution is 0.0951. The molecule has 3 nitrogen and oxygen atoms in total. The number of fused-ring (bicyclic) bond motifs is 1. The molecule has 0 saturated carbocycles. The molecule has 1 heterocycles. The summed E-state index contributed by atoms with van der Waals surface area (Å²) in [6.45, 7) is 2.07. The van der Waals surface area contributed by atoms with Gasteiger partial charge in [-0.25, -0.2) is 0 Å². The van der Waals surface area contributed by atoms with E-state index >= 15 is 0 Å². The van der Waals surface area contributed by atoms with Crippen LogP contribution < -0.4 is 0 Å². The summed E-state index contributed by atoms with van der Waals surface area (Å²) in [6.07, 6.45) is 1.45. The number of carbonyl (C=O) groups excluding carboxylic acids is 1. The van der Waals surface area contributed by atoms with E-state index in [-0.39, 0.29) is 5.78 Å². The Labute approximate surface area is 120 Å². The van der Waals surface area contributed by atoms with Crippen molar-refractivity contribution in [2.75, 3.05) is 0 Å². The Morgan fingerprint density at radius 3 is 2.63 bits per heavy atom. The predicted octanol–water partition coefficient (Wildman–Crippen LogP) is 3.67. The van der Waals surface area contributed by atoms with E-state index < -0.39 is 0 Å². The molecule has 0 unspecified atom stereocenters. The van der Waals surface area contributed by atoms with E-state index in [1.54, 1.807) is 0 Å². The number of aromatic nitrogens is 2. The van der Waals surface area contributed by atoms with Crippen LogP contribution in [0.15, 0.2) is 34.8 Å². The van der Waals surface area contributed by atoms with Gasteiger partial charge in [0.15, 0.2) is 5.78 Å². The first-order valence-corrected chi connectivity index (χ1v) is 7.08. The van der Waals surface area contributed by atoms with Crippen molar-refractivity contribution in [2.45, 2.75) is 19.8 Å². The number of hydrogen-bond donors (Lipinski definition) is 0. The van der Waals surface area contributed by atoms with Crippen LogP contribution >= 0.6 is 15.9 Å². The molecule has 0 fully saturated rings. The van der Waals surface area contributed by atoms with Gasteiger partial charge in [-0.05, 0) is 30.5 Å². The van der Waals surface area contributed by atoms with Crippen molar-refractivity contribution in [1.82, 2.24) is 10.2 Å². The standard InChI is InChI=1S/C15H13BrN2O/c1-9-6-14-12(15(19)7-9)8-13(17-18-14)10-2-4-11(16)5-3-10/h2-5,8-9H,6-7H2,1H3/t9-/m1/s1. The Morgan fingerprint density at radius 2 is 1.89 bits per heavy atom. The van der Waals surface area contributed by atoms with Crippen LogP contribution in [-0.2, 0) is 6.42 Å². The van der Waals surface area contributed by atoms with Gasteiger partial charge in [0.2, 0.25) is 0 Å². The van der Waals surface area contributed by atoms with Gasteiger partial charge in [-0.1, -0.05) is 35.0 Å². The number of ketones is 1. The third-order valence-electron chi connectivity index (χ3n) is 3.39. The van der Waals surface area contributed by atoms with Crippen LogP contribution in [0.1, 0.15) is 29.4 Å². The summed E-state index contributed by atoms with van der Waals surface area (Å²) in [4.78, 5) is 12.1. The zero-order chi connectivity index (χ0) is 13.4. The smallest absolute Gasteiger partial charge is 0.165 e. The molecule has 1 aromatic carbocycles. The molecular weight excluding hydrogens is 304 g/mol. The second kappa shape index (κ2) is 4.85. The largest absolute Gasteiger partial charge is 0.294 e. The minimum Gasteiger partial charge on any atom is -0.294 e. The molecule has 1 aliphatic rings. The highest BCUT2D eigenvalue weighted by Crippen LogP contribution is 2.27. The molecule has 0 bridgehead atoms. The van der Waals surface area contributed by atoms with Crippen LogP contribution in [0.2, 0.25) is 0 Å². The molecule has 19 heavy (non-hydrogen) atoms. The first-order valence-electron chi connectivity index (χ1n) is 6.29. The minimum atomic E-state index is 0.182. The molecular formula is C15H13BrN2O. The lowest BCUT2D eigenvalue weighted by atomic mass is 9.87. The summed E-state index contributed by atoms with van der Waals surface area (Å²) >= 11 is 3.40. The van der Waals surface area contributed by atoms with E-state index in [0.29, 0.717) is 12.3 Å². The van der Waals surface area contributed by atoms with Gasteiger partial charge in [0.05, 0.1) is 11.4 Å². The molecule has 1 atom stereocenters. The van der Waals surface area contributed by atoms with E-state index in [4.69, 9.17) is 0 Å². The van der Waals surface area contributed by atoms with Crippen LogP contribution in [0.5, 0.6) is 0 Å². The molecule has 0 saturated heterocycles. The van der Waals surface area contributed by atoms with Crippen LogP contribution in [0.4, 0.5) is 0 Å². The van der Waals surface area contributed by atoms with Gasteiger partial charge in [0.25, 0.3) is 0 Å². The molecule has 1 aliphatic carbocycles. The Kier molecular flexibility index (Phi) is 3.19. The Morgan fingerprint density at radius 1 is 1.16 bits per heavy atom. The van der Waals surface area contributed by atoms with Gasteiger partial charge in [0, 0.05) is 22.0 Å². The molecule has 3 rings (SSSR count). The monoisotopic (exact) mass is 316 g/mol. The Hall–Kier alpha value is -1.55. The summed E-state index contributed by atoms with van der Waals surface area (Å²) in [7, 11) is 0. The molecule has 0 radical (unpaired) electrons. The van der Waals surface area contributed by atoms with Gasteiger partial charge in [-0.2, -0.15) is 10.2 Å². The maximum atomic E-state index is 12.1. The number of nitrogens with zero attached hydrogens (tertiary/aromatic N) is 2. The molecule has 0 spiro atoms. The molecule has 2 aromatic rings. The van der Waals surface area contributed by atoms with E-state index in [2.05, 4.69) is 33.1 Å². The van der Waals surface area contributed by atoms with Crippen molar-refractivity contribution in [3.8, 4) is 11.3 Å². The summed E-state index contributed by atoms with van der Waals surface area (Å²) in [6, 6.07) is 9.73. The molecule has 0 amide bonds. The normalized spacial score (nSPS) is 18.2. The summed E-state index contributed by atoms with van der Waals surface area (Å²) in [5.41, 5.74) is 3.31. The van der Waals surface area contributed by atoms with Crippen molar-refractivity contribution < 1.29 is 4.79 Å². The summed E-state index contributed by atoms with van der Waals surface area (Å²) in [5.74, 6) is 0.551. The molecule has 96 valence electrons. The molecule has 0 aliphatic heterocycles. The number of hydrogen-bond acceptors (Lipinski definition) is 3. The lowest BCUT2D eigenvalue weighted by Crippen LogP contribution is -2.20. The second-order valence-corrected chi connectivity index (χ2v) is 5.95. The maximum Gasteiger partial charge on any atom is 0.165 e. The number of halogens is 1. The van der Waals surface area contributed by atoms with Crippen molar-refractivity contribution in [3.63, 3.8) is 0 Å². The molecule has 0 N–H and O–H groups in total. The second-order valence-electron chi connectivity index (χ2n) is 5.03. The highest BCUT2D eigenvalue weighted by atomic mass is 79.9. The van der Waals surface area contributed by atoms with Gasteiger partial charge in [0.1, 0.15) is 0 Å². The third kappa shape index (κ3) is 2.45. The first-order chi connectivity index (χ1) is 9.13. The number of Topliss-reactive ketones (excluding diaryl/α,β-unsaturated/α-hetero) is 1. The summed E-state index contributed by atoms with van der Waals surface area (Å²) < 4.78 is 1.02. The van der Waals surface area contributed by atoms with Crippen molar-refractivity contribution in [2.24, 2.45) is 5.92 Å². The van der Waals surface area contributed by atoms with Gasteiger partial charge < -0.3 is 0 Å². The van der Waals surface area contributed by atoms with Crippen LogP contribution in [0.3, 0.4) is 0 Å². The van der Waals surface area contributed by atoms with Crippen molar-refractivity contribution in [1.29, 1.82) is 0 Å². The Balaban J connectivity index is 2.04. The van der Waals surface area contributed by atoms with E-state index in [1.807, 2.05) is 30.3 Å². The lowest BCUT2D eigenvalue weighted by Gasteiger charge is -2.19. The maximum absolute atomic E-state index is 12.1. The zero-order valence-electron chi connectivity index (χ0n) is 10.6. The van der Waals surface area contributed by atoms with Crippen LogP contribution in [0, 0.1) is 5.92 Å². The van der Waals surface area contributed by atoms with Crippen LogP contribution in [-0.4, -0.2) is 16.0 Å². The topological polar surface area (TPSA) is 42.9 Å². The van der Waals surface area contributed by atoms with Crippen molar-refractivity contribution in [3.05, 3.63) is 46.1 Å². The SMILES string of the molecule is C[C@H]1CC(=O)c2cc(-c3ccc(Br)cc3)nnc2C1. The fourth-order valence-electron chi connectivity index (χ4n) is 2.40. The molecule has 1 aromatic heterocycles. The number of benzene rings is 1. The third-order valence-corrected chi connectivity index (χ3v) is 3.92. The minimum absolute atomic E-state index is 0.182. The highest BCUT2D eigenvalue weighted by molar-refractivity contribution is 9.10. The quantitative estimate of drug-likeness (QED) is 0.806. The fourth-order valence-corrected chi connectivity index (χ4v) is 2.66. The first kappa shape index (κ1) is 12.5. The number of carbonyl (C=O) groups is 1.